The second-order valence-electron chi connectivity index (χ2n) is 9.14. The number of halogens is 4. The molecule has 43 heavy (non-hydrogen) atoms. The van der Waals surface area contributed by atoms with E-state index in [1.54, 1.807) is 48.5 Å². The average Bonchev–Trinajstić information content (AvgIpc) is 2.99. The SMILES string of the molecule is COc1cc(C=Nn2c(-c3cccc(C(F)(F)F)c3)nc3ccccc3c2=O)cc(Br)c1OCc1ccc([N+](=O)[O-])cc1. The van der Waals surface area contributed by atoms with Crippen molar-refractivity contribution in [3.05, 3.63) is 127 Å². The van der Waals surface area contributed by atoms with Gasteiger partial charge < -0.3 is 9.47 Å². The summed E-state index contributed by atoms with van der Waals surface area (Å²) in [6.45, 7) is 0.0961. The number of benzene rings is 4. The number of ether oxygens (including phenoxy) is 2. The van der Waals surface area contributed by atoms with Gasteiger partial charge in [0.05, 0.1) is 39.2 Å². The fourth-order valence-electron chi connectivity index (χ4n) is 4.20. The van der Waals surface area contributed by atoms with E-state index in [0.29, 0.717) is 32.6 Å². The Hall–Kier alpha value is -5.04. The molecule has 5 rings (SSSR count). The van der Waals surface area contributed by atoms with Crippen LogP contribution in [0.5, 0.6) is 11.5 Å². The van der Waals surface area contributed by atoms with Crippen LogP contribution in [0.3, 0.4) is 0 Å². The summed E-state index contributed by atoms with van der Waals surface area (Å²) in [5, 5.41) is 15.4. The molecule has 0 fully saturated rings. The largest absolute Gasteiger partial charge is 0.493 e. The molecule has 218 valence electrons. The standard InChI is InChI=1S/C30H20BrF3N4O5/c1-42-26-14-19(13-24(31)27(26)43-17-18-9-11-22(12-10-18)38(40)41)16-35-37-28(20-5-4-6-21(15-20)30(32,33)34)36-25-8-3-2-7-23(25)29(37)39/h2-16H,17H2,1H3. The molecule has 1 heterocycles. The minimum Gasteiger partial charge on any atom is -0.493 e. The Labute approximate surface area is 250 Å². The number of alkyl halides is 3. The number of methoxy groups -OCH3 is 1. The van der Waals surface area contributed by atoms with Crippen LogP contribution in [0.4, 0.5) is 18.9 Å². The molecule has 0 bridgehead atoms. The first kappa shape index (κ1) is 29.5. The molecule has 0 aliphatic rings. The highest BCUT2D eigenvalue weighted by Crippen LogP contribution is 2.37. The lowest BCUT2D eigenvalue weighted by Crippen LogP contribution is -2.20. The van der Waals surface area contributed by atoms with Gasteiger partial charge in [0.2, 0.25) is 0 Å². The van der Waals surface area contributed by atoms with Crippen molar-refractivity contribution in [1.82, 2.24) is 9.66 Å². The first-order valence-corrected chi connectivity index (χ1v) is 13.3. The summed E-state index contributed by atoms with van der Waals surface area (Å²) >= 11 is 3.45. The van der Waals surface area contributed by atoms with E-state index in [9.17, 15) is 28.1 Å². The summed E-state index contributed by atoms with van der Waals surface area (Å²) in [7, 11) is 1.44. The summed E-state index contributed by atoms with van der Waals surface area (Å²) < 4.78 is 53.2. The smallest absolute Gasteiger partial charge is 0.416 e. The third kappa shape index (κ3) is 6.41. The van der Waals surface area contributed by atoms with Gasteiger partial charge in [0.25, 0.3) is 11.2 Å². The van der Waals surface area contributed by atoms with Crippen LogP contribution in [0.2, 0.25) is 0 Å². The maximum absolute atomic E-state index is 13.5. The number of non-ortho nitro benzene ring substituents is 1. The number of hydrogen-bond acceptors (Lipinski definition) is 7. The third-order valence-electron chi connectivity index (χ3n) is 6.31. The van der Waals surface area contributed by atoms with Gasteiger partial charge in [-0.25, -0.2) is 4.98 Å². The minimum atomic E-state index is -4.59. The van der Waals surface area contributed by atoms with E-state index in [2.05, 4.69) is 26.0 Å². The van der Waals surface area contributed by atoms with E-state index in [-0.39, 0.29) is 29.1 Å². The molecule has 0 saturated carbocycles. The normalized spacial score (nSPS) is 11.7. The van der Waals surface area contributed by atoms with Crippen LogP contribution >= 0.6 is 15.9 Å². The van der Waals surface area contributed by atoms with Gasteiger partial charge in [-0.1, -0.05) is 24.3 Å². The van der Waals surface area contributed by atoms with Gasteiger partial charge in [-0.2, -0.15) is 22.9 Å². The molecule has 0 atom stereocenters. The number of nitro benzene ring substituents is 1. The number of fused-ring (bicyclic) bond motifs is 1. The Kier molecular flexibility index (Phi) is 8.26. The van der Waals surface area contributed by atoms with Crippen molar-refractivity contribution in [3.8, 4) is 22.9 Å². The zero-order chi connectivity index (χ0) is 30.7. The van der Waals surface area contributed by atoms with Crippen LogP contribution in [0.1, 0.15) is 16.7 Å². The summed E-state index contributed by atoms with van der Waals surface area (Å²) in [5.74, 6) is 0.604. The van der Waals surface area contributed by atoms with Gasteiger partial charge in [-0.15, -0.1) is 0 Å². The highest BCUT2D eigenvalue weighted by molar-refractivity contribution is 9.10. The van der Waals surface area contributed by atoms with Crippen molar-refractivity contribution in [1.29, 1.82) is 0 Å². The maximum atomic E-state index is 13.5. The molecule has 4 aromatic carbocycles. The molecule has 0 aliphatic heterocycles. The topological polar surface area (TPSA) is 109 Å². The van der Waals surface area contributed by atoms with Crippen molar-refractivity contribution in [3.63, 3.8) is 0 Å². The van der Waals surface area contributed by atoms with Crippen LogP contribution in [0.25, 0.3) is 22.3 Å². The monoisotopic (exact) mass is 652 g/mol. The number of nitrogens with zero attached hydrogens (tertiary/aromatic N) is 4. The Balaban J connectivity index is 1.51. The second kappa shape index (κ2) is 12.1. The Bertz CT molecular complexity index is 1930. The van der Waals surface area contributed by atoms with E-state index in [1.807, 2.05) is 0 Å². The Morgan fingerprint density at radius 2 is 1.79 bits per heavy atom. The molecule has 0 aliphatic carbocycles. The molecule has 0 spiro atoms. The molecule has 0 N–H and O–H groups in total. The van der Waals surface area contributed by atoms with Crippen LogP contribution < -0.4 is 15.0 Å². The molecule has 13 heteroatoms. The average molecular weight is 653 g/mol. The third-order valence-corrected chi connectivity index (χ3v) is 6.90. The van der Waals surface area contributed by atoms with Crippen molar-refractivity contribution in [2.24, 2.45) is 5.10 Å². The van der Waals surface area contributed by atoms with E-state index in [1.165, 1.54) is 37.6 Å². The van der Waals surface area contributed by atoms with Crippen molar-refractivity contribution < 1.29 is 27.6 Å². The van der Waals surface area contributed by atoms with E-state index in [4.69, 9.17) is 9.47 Å². The van der Waals surface area contributed by atoms with Crippen molar-refractivity contribution in [2.75, 3.05) is 7.11 Å². The predicted octanol–water partition coefficient (Wildman–Crippen LogP) is 7.22. The Morgan fingerprint density at radius 1 is 1.05 bits per heavy atom. The maximum Gasteiger partial charge on any atom is 0.416 e. The van der Waals surface area contributed by atoms with Gasteiger partial charge in [0, 0.05) is 17.7 Å². The van der Waals surface area contributed by atoms with Crippen LogP contribution in [0.15, 0.2) is 99.3 Å². The first-order valence-electron chi connectivity index (χ1n) is 12.5. The van der Waals surface area contributed by atoms with Crippen molar-refractivity contribution >= 4 is 38.7 Å². The summed E-state index contributed by atoms with van der Waals surface area (Å²) in [4.78, 5) is 28.3. The van der Waals surface area contributed by atoms with E-state index in [0.717, 1.165) is 16.8 Å². The van der Waals surface area contributed by atoms with Gasteiger partial charge in [-0.05, 0) is 75.6 Å². The molecule has 9 nitrogen and oxygen atoms in total. The van der Waals surface area contributed by atoms with Gasteiger partial charge in [-0.3, -0.25) is 14.9 Å². The number of para-hydroxylation sites is 1. The summed E-state index contributed by atoms with van der Waals surface area (Å²) in [6.07, 6.45) is -3.24. The first-order chi connectivity index (χ1) is 20.5. The van der Waals surface area contributed by atoms with Crippen LogP contribution in [0, 0.1) is 10.1 Å². The zero-order valence-corrected chi connectivity index (χ0v) is 23.8. The lowest BCUT2D eigenvalue weighted by atomic mass is 10.1. The zero-order valence-electron chi connectivity index (χ0n) is 22.2. The summed E-state index contributed by atoms with van der Waals surface area (Å²) in [5.41, 5.74) is 0.0400. The van der Waals surface area contributed by atoms with Crippen LogP contribution in [-0.4, -0.2) is 27.9 Å². The molecule has 0 amide bonds. The Morgan fingerprint density at radius 3 is 2.49 bits per heavy atom. The quantitative estimate of drug-likeness (QED) is 0.0994. The molecule has 0 saturated heterocycles. The van der Waals surface area contributed by atoms with E-state index >= 15 is 0 Å². The lowest BCUT2D eigenvalue weighted by Gasteiger charge is -2.14. The molecular weight excluding hydrogens is 633 g/mol. The lowest BCUT2D eigenvalue weighted by molar-refractivity contribution is -0.384. The molecular formula is C30H20BrF3N4O5. The van der Waals surface area contributed by atoms with Crippen molar-refractivity contribution in [2.45, 2.75) is 12.8 Å². The van der Waals surface area contributed by atoms with Gasteiger partial charge in [0.15, 0.2) is 17.3 Å². The van der Waals surface area contributed by atoms with Crippen LogP contribution in [-0.2, 0) is 12.8 Å². The molecule has 5 aromatic rings. The second-order valence-corrected chi connectivity index (χ2v) is 9.99. The highest BCUT2D eigenvalue weighted by atomic mass is 79.9. The fourth-order valence-corrected chi connectivity index (χ4v) is 4.77. The fraction of sp³-hybridized carbons (Fsp3) is 0.100. The molecule has 0 radical (unpaired) electrons. The predicted molar refractivity (Wildman–Crippen MR) is 158 cm³/mol. The summed E-state index contributed by atoms with van der Waals surface area (Å²) in [6, 6.07) is 20.2. The number of aromatic nitrogens is 2. The van der Waals surface area contributed by atoms with Gasteiger partial charge >= 0.3 is 6.18 Å². The van der Waals surface area contributed by atoms with Gasteiger partial charge in [0.1, 0.15) is 6.61 Å². The highest BCUT2D eigenvalue weighted by Gasteiger charge is 2.31. The number of nitro groups is 1. The number of hydrogen-bond donors (Lipinski definition) is 0. The molecule has 1 aromatic heterocycles. The minimum absolute atomic E-state index is 0.0388. The molecule has 0 unspecified atom stereocenters. The number of rotatable bonds is 8. The van der Waals surface area contributed by atoms with E-state index < -0.39 is 22.2 Å².